The van der Waals surface area contributed by atoms with Crippen LogP contribution in [0.4, 0.5) is 4.39 Å². The van der Waals surface area contributed by atoms with Gasteiger partial charge in [0.15, 0.2) is 0 Å². The van der Waals surface area contributed by atoms with Crippen molar-refractivity contribution in [2.24, 2.45) is 5.14 Å². The summed E-state index contributed by atoms with van der Waals surface area (Å²) in [6, 6.07) is 5.16. The molecule has 0 fully saturated rings. The van der Waals surface area contributed by atoms with Crippen LogP contribution in [-0.4, -0.2) is 0 Å². The number of nitrogens with two attached hydrogens (primary N) is 1. The molecule has 0 atom stereocenters. The molecule has 0 aliphatic rings. The van der Waals surface area contributed by atoms with Gasteiger partial charge in [-0.3, -0.25) is 5.14 Å². The molecular weight excluding hydrogens is 149 g/mol. The van der Waals surface area contributed by atoms with Crippen molar-refractivity contribution in [3.05, 3.63) is 29.6 Å². The Morgan fingerprint density at radius 3 is 2.70 bits per heavy atom. The summed E-state index contributed by atoms with van der Waals surface area (Å²) in [5, 5.41) is 5.20. The van der Waals surface area contributed by atoms with Gasteiger partial charge in [0.25, 0.3) is 0 Å². The van der Waals surface area contributed by atoms with Crippen LogP contribution in [0.15, 0.2) is 23.1 Å². The maximum Gasteiger partial charge on any atom is 0.140 e. The third kappa shape index (κ3) is 1.30. The highest BCUT2D eigenvalue weighted by molar-refractivity contribution is 7.97. The molecule has 0 spiro atoms. The molecule has 1 nitrogen and oxygen atoms in total. The summed E-state index contributed by atoms with van der Waals surface area (Å²) in [6.07, 6.45) is 0. The van der Waals surface area contributed by atoms with Crippen LogP contribution in [0.2, 0.25) is 0 Å². The molecule has 0 aliphatic heterocycles. The Morgan fingerprint density at radius 2 is 2.20 bits per heavy atom. The van der Waals surface area contributed by atoms with E-state index in [0.29, 0.717) is 10.5 Å². The summed E-state index contributed by atoms with van der Waals surface area (Å²) in [4.78, 5) is 0.500. The van der Waals surface area contributed by atoms with Gasteiger partial charge in [0.2, 0.25) is 0 Å². The minimum Gasteiger partial charge on any atom is -0.274 e. The average Bonchev–Trinajstić information content (AvgIpc) is 1.95. The van der Waals surface area contributed by atoms with Crippen molar-refractivity contribution < 1.29 is 4.39 Å². The van der Waals surface area contributed by atoms with Gasteiger partial charge in [-0.2, -0.15) is 0 Å². The Kier molecular flexibility index (Phi) is 2.29. The Hall–Kier alpha value is -0.540. The lowest BCUT2D eigenvalue weighted by molar-refractivity contribution is 0.592. The summed E-state index contributed by atoms with van der Waals surface area (Å²) in [5.41, 5.74) is 0.635. The Balaban J connectivity index is 3.14. The summed E-state index contributed by atoms with van der Waals surface area (Å²) >= 11 is 0.935. The molecule has 10 heavy (non-hydrogen) atoms. The average molecular weight is 157 g/mol. The smallest absolute Gasteiger partial charge is 0.140 e. The second kappa shape index (κ2) is 3.03. The van der Waals surface area contributed by atoms with E-state index in [2.05, 4.69) is 0 Å². The molecule has 1 rings (SSSR count). The maximum absolute atomic E-state index is 12.9. The topological polar surface area (TPSA) is 26.0 Å². The zero-order valence-corrected chi connectivity index (χ0v) is 6.41. The molecular formula is C7H8FNS. The molecule has 0 amide bonds. The molecule has 54 valence electrons. The minimum absolute atomic E-state index is 0.213. The van der Waals surface area contributed by atoms with Gasteiger partial charge in [-0.1, -0.05) is 12.1 Å². The molecule has 1 aromatic carbocycles. The lowest BCUT2D eigenvalue weighted by Gasteiger charge is -1.99. The predicted octanol–water partition coefficient (Wildman–Crippen LogP) is 2.10. The molecule has 0 saturated heterocycles. The fourth-order valence-corrected chi connectivity index (χ4v) is 1.13. The highest BCUT2D eigenvalue weighted by Gasteiger charge is 2.01. The highest BCUT2D eigenvalue weighted by Crippen LogP contribution is 2.18. The van der Waals surface area contributed by atoms with Gasteiger partial charge >= 0.3 is 0 Å². The van der Waals surface area contributed by atoms with Crippen molar-refractivity contribution in [3.63, 3.8) is 0 Å². The quantitative estimate of drug-likeness (QED) is 0.632. The maximum atomic E-state index is 12.9. The van der Waals surface area contributed by atoms with E-state index in [0.717, 1.165) is 11.9 Å². The van der Waals surface area contributed by atoms with E-state index in [1.807, 2.05) is 0 Å². The van der Waals surface area contributed by atoms with Crippen LogP contribution in [-0.2, 0) is 0 Å². The van der Waals surface area contributed by atoms with Gasteiger partial charge in [0, 0.05) is 0 Å². The van der Waals surface area contributed by atoms with E-state index >= 15 is 0 Å². The molecule has 0 radical (unpaired) electrons. The van der Waals surface area contributed by atoms with E-state index in [9.17, 15) is 4.39 Å². The van der Waals surface area contributed by atoms with E-state index in [4.69, 9.17) is 5.14 Å². The van der Waals surface area contributed by atoms with Crippen molar-refractivity contribution in [2.45, 2.75) is 11.8 Å². The number of aryl methyl sites for hydroxylation is 1. The molecule has 2 N–H and O–H groups in total. The largest absolute Gasteiger partial charge is 0.274 e. The number of halogens is 1. The summed E-state index contributed by atoms with van der Waals surface area (Å²) in [5.74, 6) is -0.213. The summed E-state index contributed by atoms with van der Waals surface area (Å²) in [6.45, 7) is 1.72. The molecule has 0 aromatic heterocycles. The second-order valence-electron chi connectivity index (χ2n) is 2.00. The van der Waals surface area contributed by atoms with Crippen LogP contribution in [0.5, 0.6) is 0 Å². The van der Waals surface area contributed by atoms with Crippen molar-refractivity contribution >= 4 is 11.9 Å². The highest BCUT2D eigenvalue weighted by atomic mass is 32.2. The van der Waals surface area contributed by atoms with Crippen LogP contribution in [0.1, 0.15) is 5.56 Å². The van der Waals surface area contributed by atoms with Crippen LogP contribution in [0, 0.1) is 12.7 Å². The Labute approximate surface area is 63.6 Å². The fourth-order valence-electron chi connectivity index (χ4n) is 0.712. The first-order valence-corrected chi connectivity index (χ1v) is 3.75. The molecule has 0 aliphatic carbocycles. The first kappa shape index (κ1) is 7.57. The van der Waals surface area contributed by atoms with Gasteiger partial charge in [0.05, 0.1) is 4.90 Å². The zero-order chi connectivity index (χ0) is 7.56. The van der Waals surface area contributed by atoms with Gasteiger partial charge in [-0.25, -0.2) is 4.39 Å². The number of rotatable bonds is 1. The Morgan fingerprint density at radius 1 is 1.50 bits per heavy atom. The third-order valence-electron chi connectivity index (χ3n) is 1.28. The van der Waals surface area contributed by atoms with Crippen LogP contribution in [0.3, 0.4) is 0 Å². The number of hydrogen-bond donors (Lipinski definition) is 1. The SMILES string of the molecule is Cc1cccc(SN)c1F. The normalized spacial score (nSPS) is 9.90. The lowest BCUT2D eigenvalue weighted by Crippen LogP contribution is -1.88. The van der Waals surface area contributed by atoms with Gasteiger partial charge < -0.3 is 0 Å². The summed E-state index contributed by atoms with van der Waals surface area (Å²) < 4.78 is 12.9. The molecule has 1 aromatic rings. The van der Waals surface area contributed by atoms with Crippen LogP contribution in [0.25, 0.3) is 0 Å². The zero-order valence-electron chi connectivity index (χ0n) is 5.60. The first-order chi connectivity index (χ1) is 4.75. The van der Waals surface area contributed by atoms with Gasteiger partial charge in [-0.15, -0.1) is 0 Å². The molecule has 0 heterocycles. The molecule has 0 bridgehead atoms. The van der Waals surface area contributed by atoms with E-state index in [1.54, 1.807) is 25.1 Å². The van der Waals surface area contributed by atoms with Crippen molar-refractivity contribution in [1.29, 1.82) is 0 Å². The fraction of sp³-hybridized carbons (Fsp3) is 0.143. The first-order valence-electron chi connectivity index (χ1n) is 2.87. The molecule has 0 unspecified atom stereocenters. The lowest BCUT2D eigenvalue weighted by atomic mass is 10.2. The van der Waals surface area contributed by atoms with E-state index < -0.39 is 0 Å². The number of benzene rings is 1. The third-order valence-corrected chi connectivity index (χ3v) is 1.85. The van der Waals surface area contributed by atoms with E-state index in [-0.39, 0.29) is 5.82 Å². The standard InChI is InChI=1S/C7H8FNS/c1-5-3-2-4-6(10-9)7(5)8/h2-4H,9H2,1H3. The van der Waals surface area contributed by atoms with Crippen molar-refractivity contribution in [2.75, 3.05) is 0 Å². The van der Waals surface area contributed by atoms with Crippen molar-refractivity contribution in [3.8, 4) is 0 Å². The van der Waals surface area contributed by atoms with Gasteiger partial charge in [0.1, 0.15) is 5.82 Å². The molecule has 0 saturated carbocycles. The Bertz CT molecular complexity index is 237. The predicted molar refractivity (Wildman–Crippen MR) is 41.2 cm³/mol. The summed E-state index contributed by atoms with van der Waals surface area (Å²) in [7, 11) is 0. The van der Waals surface area contributed by atoms with Crippen LogP contribution < -0.4 is 5.14 Å². The molecule has 3 heteroatoms. The van der Waals surface area contributed by atoms with Crippen LogP contribution >= 0.6 is 11.9 Å². The monoisotopic (exact) mass is 157 g/mol. The number of hydrogen-bond acceptors (Lipinski definition) is 2. The second-order valence-corrected chi connectivity index (χ2v) is 2.68. The van der Waals surface area contributed by atoms with E-state index in [1.165, 1.54) is 0 Å². The van der Waals surface area contributed by atoms with Gasteiger partial charge in [-0.05, 0) is 30.5 Å². The van der Waals surface area contributed by atoms with Crippen molar-refractivity contribution in [1.82, 2.24) is 0 Å². The minimum atomic E-state index is -0.213.